The third-order valence-corrected chi connectivity index (χ3v) is 4.60. The predicted octanol–water partition coefficient (Wildman–Crippen LogP) is 4.48. The summed E-state index contributed by atoms with van der Waals surface area (Å²) in [7, 11) is 0. The number of benzene rings is 1. The van der Waals surface area contributed by atoms with Gasteiger partial charge in [0, 0.05) is 5.70 Å². The minimum atomic E-state index is -0.647. The molecule has 1 aliphatic heterocycles. The Morgan fingerprint density at radius 3 is 2.43 bits per heavy atom. The Balaban J connectivity index is 2.49. The first kappa shape index (κ1) is 23.6. The van der Waals surface area contributed by atoms with E-state index in [-0.39, 0.29) is 18.1 Å². The van der Waals surface area contributed by atoms with Crippen LogP contribution in [0, 0.1) is 5.92 Å². The van der Waals surface area contributed by atoms with Gasteiger partial charge in [0.25, 0.3) is 0 Å². The number of amides is 2. The largest absolute Gasteiger partial charge is 0.490 e. The second-order valence-electron chi connectivity index (χ2n) is 7.81. The molecule has 7 nitrogen and oxygen atoms in total. The zero-order valence-corrected chi connectivity index (χ0v) is 18.8. The number of carbonyl (C=O) groups is 2. The molecule has 0 saturated carbocycles. The fourth-order valence-corrected chi connectivity index (χ4v) is 3.21. The number of hydrogen-bond donors (Lipinski definition) is 2. The van der Waals surface area contributed by atoms with Crippen LogP contribution >= 0.6 is 0 Å². The van der Waals surface area contributed by atoms with Gasteiger partial charge in [-0.25, -0.2) is 9.59 Å². The summed E-state index contributed by atoms with van der Waals surface area (Å²) in [4.78, 5) is 25.3. The van der Waals surface area contributed by atoms with Crippen molar-refractivity contribution in [2.45, 2.75) is 66.5 Å². The minimum Gasteiger partial charge on any atom is -0.490 e. The van der Waals surface area contributed by atoms with Crippen molar-refractivity contribution in [3.05, 3.63) is 35.0 Å². The number of allylic oxidation sites excluding steroid dienone is 1. The molecule has 0 radical (unpaired) electrons. The summed E-state index contributed by atoms with van der Waals surface area (Å²) >= 11 is 0. The summed E-state index contributed by atoms with van der Waals surface area (Å²) in [6.07, 6.45) is 1.71. The van der Waals surface area contributed by atoms with E-state index < -0.39 is 12.0 Å². The summed E-state index contributed by atoms with van der Waals surface area (Å²) in [6.45, 7) is 12.5. The number of esters is 1. The summed E-state index contributed by atoms with van der Waals surface area (Å²) in [6, 6.07) is 4.49. The number of rotatable bonds is 10. The molecule has 0 bridgehead atoms. The van der Waals surface area contributed by atoms with E-state index in [1.54, 1.807) is 13.8 Å². The first-order chi connectivity index (χ1) is 14.3. The van der Waals surface area contributed by atoms with Crippen LogP contribution in [-0.4, -0.2) is 31.3 Å². The van der Waals surface area contributed by atoms with E-state index in [9.17, 15) is 9.59 Å². The highest BCUT2D eigenvalue weighted by Gasteiger charge is 2.35. The van der Waals surface area contributed by atoms with Crippen molar-refractivity contribution in [2.75, 3.05) is 13.2 Å². The van der Waals surface area contributed by atoms with Crippen molar-refractivity contribution >= 4 is 12.0 Å². The lowest BCUT2D eigenvalue weighted by atomic mass is 9.91. The second-order valence-corrected chi connectivity index (χ2v) is 7.81. The van der Waals surface area contributed by atoms with Gasteiger partial charge in [0.05, 0.1) is 30.9 Å². The molecule has 2 amide bonds. The first-order valence-corrected chi connectivity index (χ1v) is 10.7. The van der Waals surface area contributed by atoms with Gasteiger partial charge in [-0.1, -0.05) is 33.3 Å². The van der Waals surface area contributed by atoms with E-state index in [0.717, 1.165) is 18.4 Å². The standard InChI is InChI=1S/C23H34N2O5/c1-7-9-12-29-17-11-10-16(13-18(17)28-8-2)21-19(22(26)30-15(5)6)20(14(3)4)24-23(27)25-21/h10-11,13-15,21H,7-9,12H2,1-6H3,(H2,24,25,27). The molecule has 0 spiro atoms. The maximum atomic E-state index is 12.9. The van der Waals surface area contributed by atoms with Crippen molar-refractivity contribution < 1.29 is 23.8 Å². The van der Waals surface area contributed by atoms with Crippen molar-refractivity contribution in [3.63, 3.8) is 0 Å². The molecule has 1 unspecified atom stereocenters. The number of carbonyl (C=O) groups excluding carboxylic acids is 2. The molecule has 1 atom stereocenters. The van der Waals surface area contributed by atoms with E-state index in [2.05, 4.69) is 17.6 Å². The molecular formula is C23H34N2O5. The Bertz CT molecular complexity index is 786. The van der Waals surface area contributed by atoms with Gasteiger partial charge in [-0.15, -0.1) is 0 Å². The van der Waals surface area contributed by atoms with Gasteiger partial charge in [-0.3, -0.25) is 0 Å². The molecule has 1 aliphatic rings. The maximum absolute atomic E-state index is 12.9. The molecule has 30 heavy (non-hydrogen) atoms. The summed E-state index contributed by atoms with van der Waals surface area (Å²) in [5, 5.41) is 5.64. The maximum Gasteiger partial charge on any atom is 0.338 e. The van der Waals surface area contributed by atoms with Gasteiger partial charge in [0.15, 0.2) is 11.5 Å². The molecular weight excluding hydrogens is 384 g/mol. The number of unbranched alkanes of at least 4 members (excludes halogenated alkanes) is 1. The number of nitrogens with one attached hydrogen (secondary N) is 2. The van der Waals surface area contributed by atoms with Gasteiger partial charge in [-0.2, -0.15) is 0 Å². The molecule has 1 heterocycles. The Labute approximate surface area is 179 Å². The topological polar surface area (TPSA) is 85.9 Å². The van der Waals surface area contributed by atoms with E-state index in [1.165, 1.54) is 0 Å². The quantitative estimate of drug-likeness (QED) is 0.432. The average molecular weight is 419 g/mol. The number of hydrogen-bond acceptors (Lipinski definition) is 5. The van der Waals surface area contributed by atoms with Crippen LogP contribution in [-0.2, 0) is 9.53 Å². The highest BCUT2D eigenvalue weighted by molar-refractivity contribution is 5.95. The van der Waals surface area contributed by atoms with E-state index in [4.69, 9.17) is 14.2 Å². The van der Waals surface area contributed by atoms with Crippen molar-refractivity contribution in [1.29, 1.82) is 0 Å². The third kappa shape index (κ3) is 5.90. The number of urea groups is 1. The molecule has 0 fully saturated rings. The van der Waals surface area contributed by atoms with Gasteiger partial charge in [0.1, 0.15) is 0 Å². The van der Waals surface area contributed by atoms with Crippen LogP contribution in [0.25, 0.3) is 0 Å². The predicted molar refractivity (Wildman–Crippen MR) is 116 cm³/mol. The van der Waals surface area contributed by atoms with Gasteiger partial charge < -0.3 is 24.8 Å². The van der Waals surface area contributed by atoms with Crippen LogP contribution < -0.4 is 20.1 Å². The smallest absolute Gasteiger partial charge is 0.338 e. The Hall–Kier alpha value is -2.70. The zero-order chi connectivity index (χ0) is 22.3. The van der Waals surface area contributed by atoms with Crippen molar-refractivity contribution in [1.82, 2.24) is 10.6 Å². The minimum absolute atomic E-state index is 0.0590. The summed E-state index contributed by atoms with van der Waals surface area (Å²) < 4.78 is 17.1. The molecule has 2 N–H and O–H groups in total. The Kier molecular flexibility index (Phi) is 8.57. The van der Waals surface area contributed by atoms with Crippen LogP contribution in [0.1, 0.15) is 66.0 Å². The highest BCUT2D eigenvalue weighted by Crippen LogP contribution is 2.36. The zero-order valence-electron chi connectivity index (χ0n) is 18.8. The summed E-state index contributed by atoms with van der Waals surface area (Å²) in [5.74, 6) is 0.721. The lowest BCUT2D eigenvalue weighted by molar-refractivity contribution is -0.143. The van der Waals surface area contributed by atoms with Crippen LogP contribution in [0.15, 0.2) is 29.5 Å². The monoisotopic (exact) mass is 418 g/mol. The molecule has 0 saturated heterocycles. The molecule has 0 aromatic heterocycles. The van der Waals surface area contributed by atoms with Crippen LogP contribution in [0.2, 0.25) is 0 Å². The Morgan fingerprint density at radius 1 is 1.10 bits per heavy atom. The van der Waals surface area contributed by atoms with Crippen LogP contribution in [0.4, 0.5) is 4.79 Å². The Morgan fingerprint density at radius 2 is 1.83 bits per heavy atom. The SMILES string of the molecule is CCCCOc1ccc(C2NC(=O)NC(C(C)C)=C2C(=O)OC(C)C)cc1OCC. The lowest BCUT2D eigenvalue weighted by Gasteiger charge is -2.31. The number of ether oxygens (including phenoxy) is 3. The molecule has 1 aromatic carbocycles. The van der Waals surface area contributed by atoms with Crippen molar-refractivity contribution in [3.8, 4) is 11.5 Å². The average Bonchev–Trinajstić information content (AvgIpc) is 2.68. The van der Waals surface area contributed by atoms with Gasteiger partial charge >= 0.3 is 12.0 Å². The lowest BCUT2D eigenvalue weighted by Crippen LogP contribution is -2.47. The second kappa shape index (κ2) is 10.9. The van der Waals surface area contributed by atoms with Gasteiger partial charge in [-0.05, 0) is 50.8 Å². The third-order valence-electron chi connectivity index (χ3n) is 4.60. The highest BCUT2D eigenvalue weighted by atomic mass is 16.5. The fraction of sp³-hybridized carbons (Fsp3) is 0.565. The van der Waals surface area contributed by atoms with E-state index in [1.807, 2.05) is 39.0 Å². The van der Waals surface area contributed by atoms with Crippen LogP contribution in [0.5, 0.6) is 11.5 Å². The van der Waals surface area contributed by atoms with Crippen LogP contribution in [0.3, 0.4) is 0 Å². The molecule has 2 rings (SSSR count). The molecule has 166 valence electrons. The normalized spacial score (nSPS) is 16.4. The molecule has 1 aromatic rings. The molecule has 7 heteroatoms. The van der Waals surface area contributed by atoms with Gasteiger partial charge in [0.2, 0.25) is 0 Å². The van der Waals surface area contributed by atoms with E-state index in [0.29, 0.717) is 36.0 Å². The van der Waals surface area contributed by atoms with Crippen molar-refractivity contribution in [2.24, 2.45) is 5.92 Å². The molecule has 0 aliphatic carbocycles. The first-order valence-electron chi connectivity index (χ1n) is 10.7. The van der Waals surface area contributed by atoms with E-state index >= 15 is 0 Å². The fourth-order valence-electron chi connectivity index (χ4n) is 3.21. The summed E-state index contributed by atoms with van der Waals surface area (Å²) in [5.41, 5.74) is 1.70.